The van der Waals surface area contributed by atoms with Gasteiger partial charge in [0.25, 0.3) is 5.91 Å². The lowest BCUT2D eigenvalue weighted by Crippen LogP contribution is -2.28. The van der Waals surface area contributed by atoms with E-state index in [9.17, 15) is 14.0 Å². The van der Waals surface area contributed by atoms with Gasteiger partial charge < -0.3 is 10.6 Å². The molecule has 5 heteroatoms. The Morgan fingerprint density at radius 1 is 1.00 bits per heavy atom. The number of hydrogen-bond acceptors (Lipinski definition) is 2. The van der Waals surface area contributed by atoms with Gasteiger partial charge in [0.05, 0.1) is 6.04 Å². The van der Waals surface area contributed by atoms with Crippen molar-refractivity contribution < 1.29 is 14.0 Å². The molecule has 0 aromatic heterocycles. The van der Waals surface area contributed by atoms with Crippen LogP contribution in [-0.2, 0) is 4.79 Å². The van der Waals surface area contributed by atoms with E-state index in [2.05, 4.69) is 10.6 Å². The molecule has 4 nitrogen and oxygen atoms in total. The van der Waals surface area contributed by atoms with Crippen LogP contribution in [0.2, 0.25) is 0 Å². The van der Waals surface area contributed by atoms with Crippen LogP contribution >= 0.6 is 0 Å². The highest BCUT2D eigenvalue weighted by molar-refractivity contribution is 6.04. The van der Waals surface area contributed by atoms with E-state index in [4.69, 9.17) is 0 Å². The summed E-state index contributed by atoms with van der Waals surface area (Å²) in [7, 11) is 0. The van der Waals surface area contributed by atoms with Crippen LogP contribution in [0.3, 0.4) is 0 Å². The lowest BCUT2D eigenvalue weighted by atomic mass is 9.87. The Hall–Kier alpha value is -2.69. The number of carbonyl (C=O) groups is 2. The summed E-state index contributed by atoms with van der Waals surface area (Å²) in [4.78, 5) is 24.5. The first-order valence-corrected chi connectivity index (χ1v) is 9.97. The van der Waals surface area contributed by atoms with Gasteiger partial charge in [0.1, 0.15) is 5.82 Å². The number of benzene rings is 2. The van der Waals surface area contributed by atoms with Crippen molar-refractivity contribution in [3.8, 4) is 0 Å². The summed E-state index contributed by atoms with van der Waals surface area (Å²) in [5.74, 6) is -0.0416. The zero-order valence-electron chi connectivity index (χ0n) is 16.2. The van der Waals surface area contributed by atoms with Crippen LogP contribution in [0.4, 0.5) is 10.1 Å². The summed E-state index contributed by atoms with van der Waals surface area (Å²) in [6.45, 7) is 1.96. The summed E-state index contributed by atoms with van der Waals surface area (Å²) in [6, 6.07) is 12.7. The lowest BCUT2D eigenvalue weighted by molar-refractivity contribution is -0.122. The highest BCUT2D eigenvalue weighted by atomic mass is 19.1. The molecule has 1 aliphatic carbocycles. The van der Waals surface area contributed by atoms with Gasteiger partial charge in [-0.15, -0.1) is 0 Å². The highest BCUT2D eigenvalue weighted by Gasteiger charge is 2.18. The summed E-state index contributed by atoms with van der Waals surface area (Å²) < 4.78 is 13.0. The zero-order valence-corrected chi connectivity index (χ0v) is 16.2. The maximum Gasteiger partial charge on any atom is 0.255 e. The van der Waals surface area contributed by atoms with Crippen LogP contribution in [0.5, 0.6) is 0 Å². The van der Waals surface area contributed by atoms with Gasteiger partial charge in [-0.3, -0.25) is 9.59 Å². The molecule has 3 rings (SSSR count). The molecule has 1 unspecified atom stereocenters. The minimum Gasteiger partial charge on any atom is -0.350 e. The zero-order chi connectivity index (χ0) is 19.9. The Kier molecular flexibility index (Phi) is 6.80. The molecule has 1 aliphatic rings. The number of halogens is 1. The van der Waals surface area contributed by atoms with Crippen LogP contribution < -0.4 is 10.6 Å². The molecule has 0 radical (unpaired) electrons. The van der Waals surface area contributed by atoms with Gasteiger partial charge in [0.2, 0.25) is 5.91 Å². The fourth-order valence-electron chi connectivity index (χ4n) is 3.70. The van der Waals surface area contributed by atoms with Crippen LogP contribution in [-0.4, -0.2) is 11.8 Å². The fraction of sp³-hybridized carbons (Fsp3) is 0.391. The van der Waals surface area contributed by atoms with Crippen molar-refractivity contribution in [3.63, 3.8) is 0 Å². The standard InChI is InChI=1S/C23H27FN2O2/c1-16(25-22(27)15-17-5-3-2-4-6-17)18-9-13-21(14-10-18)26-23(28)19-7-11-20(24)12-8-19/h7-14,16-17H,2-6,15H2,1H3,(H,25,27)(H,26,28). The fourth-order valence-corrected chi connectivity index (χ4v) is 3.70. The molecule has 148 valence electrons. The third-order valence-electron chi connectivity index (χ3n) is 5.35. The Bertz CT molecular complexity index is 796. The van der Waals surface area contributed by atoms with Gasteiger partial charge in [-0.2, -0.15) is 0 Å². The lowest BCUT2D eigenvalue weighted by Gasteiger charge is -2.22. The van der Waals surface area contributed by atoms with Gasteiger partial charge >= 0.3 is 0 Å². The minimum atomic E-state index is -0.375. The van der Waals surface area contributed by atoms with E-state index in [0.29, 0.717) is 23.6 Å². The molecule has 2 N–H and O–H groups in total. The van der Waals surface area contributed by atoms with E-state index in [-0.39, 0.29) is 23.7 Å². The topological polar surface area (TPSA) is 58.2 Å². The van der Waals surface area contributed by atoms with Crippen molar-refractivity contribution in [1.82, 2.24) is 5.32 Å². The number of hydrogen-bond donors (Lipinski definition) is 2. The second kappa shape index (κ2) is 9.49. The van der Waals surface area contributed by atoms with Gasteiger partial charge in [-0.05, 0) is 67.6 Å². The Morgan fingerprint density at radius 3 is 2.29 bits per heavy atom. The summed E-state index contributed by atoms with van der Waals surface area (Å²) in [5, 5.41) is 5.86. The minimum absolute atomic E-state index is 0.0852. The van der Waals surface area contributed by atoms with Crippen LogP contribution in [0.1, 0.15) is 67.4 Å². The predicted octanol–water partition coefficient (Wildman–Crippen LogP) is 5.23. The van der Waals surface area contributed by atoms with E-state index < -0.39 is 0 Å². The molecule has 2 aromatic carbocycles. The maximum absolute atomic E-state index is 13.0. The van der Waals surface area contributed by atoms with Crippen molar-refractivity contribution in [3.05, 3.63) is 65.5 Å². The highest BCUT2D eigenvalue weighted by Crippen LogP contribution is 2.26. The van der Waals surface area contributed by atoms with Crippen molar-refractivity contribution in [2.24, 2.45) is 5.92 Å². The van der Waals surface area contributed by atoms with Gasteiger partial charge in [-0.1, -0.05) is 31.4 Å². The molecule has 0 heterocycles. The normalized spacial score (nSPS) is 15.6. The molecule has 0 bridgehead atoms. The first kappa shape index (κ1) is 20.1. The smallest absolute Gasteiger partial charge is 0.255 e. The molecule has 1 atom stereocenters. The Labute approximate surface area is 165 Å². The monoisotopic (exact) mass is 382 g/mol. The molecule has 1 fully saturated rings. The second-order valence-electron chi connectivity index (χ2n) is 7.58. The average Bonchev–Trinajstić information content (AvgIpc) is 2.69. The van der Waals surface area contributed by atoms with E-state index in [1.54, 1.807) is 12.1 Å². The number of rotatable bonds is 6. The van der Waals surface area contributed by atoms with Gasteiger partial charge in [-0.25, -0.2) is 4.39 Å². The average molecular weight is 382 g/mol. The molecule has 2 amide bonds. The van der Waals surface area contributed by atoms with E-state index >= 15 is 0 Å². The van der Waals surface area contributed by atoms with Gasteiger partial charge in [0.15, 0.2) is 0 Å². The SMILES string of the molecule is CC(NC(=O)CC1CCCCC1)c1ccc(NC(=O)c2ccc(F)cc2)cc1. The van der Waals surface area contributed by atoms with Crippen LogP contribution in [0.15, 0.2) is 48.5 Å². The third-order valence-corrected chi connectivity index (χ3v) is 5.35. The van der Waals surface area contributed by atoms with Crippen LogP contribution in [0, 0.1) is 11.7 Å². The Balaban J connectivity index is 1.52. The number of amides is 2. The largest absolute Gasteiger partial charge is 0.350 e. The van der Waals surface area contributed by atoms with E-state index in [0.717, 1.165) is 18.4 Å². The number of carbonyl (C=O) groups excluding carboxylic acids is 2. The quantitative estimate of drug-likeness (QED) is 0.719. The number of anilines is 1. The Morgan fingerprint density at radius 2 is 1.64 bits per heavy atom. The molecule has 1 saturated carbocycles. The number of nitrogens with one attached hydrogen (secondary N) is 2. The third kappa shape index (κ3) is 5.65. The van der Waals surface area contributed by atoms with Crippen LogP contribution in [0.25, 0.3) is 0 Å². The predicted molar refractivity (Wildman–Crippen MR) is 109 cm³/mol. The first-order chi connectivity index (χ1) is 13.5. The molecule has 0 saturated heterocycles. The van der Waals surface area contributed by atoms with Crippen molar-refractivity contribution >= 4 is 17.5 Å². The summed E-state index contributed by atoms with van der Waals surface area (Å²) in [6.07, 6.45) is 6.68. The first-order valence-electron chi connectivity index (χ1n) is 9.97. The van der Waals surface area contributed by atoms with E-state index in [1.165, 1.54) is 43.5 Å². The molecular formula is C23H27FN2O2. The molecule has 0 aliphatic heterocycles. The summed E-state index contributed by atoms with van der Waals surface area (Å²) >= 11 is 0. The second-order valence-corrected chi connectivity index (χ2v) is 7.58. The van der Waals surface area contributed by atoms with Crippen molar-refractivity contribution in [1.29, 1.82) is 0 Å². The molecule has 2 aromatic rings. The van der Waals surface area contributed by atoms with Crippen molar-refractivity contribution in [2.45, 2.75) is 51.5 Å². The molecule has 28 heavy (non-hydrogen) atoms. The molecule has 0 spiro atoms. The molecular weight excluding hydrogens is 355 g/mol. The van der Waals surface area contributed by atoms with E-state index in [1.807, 2.05) is 19.1 Å². The summed E-state index contributed by atoms with van der Waals surface area (Å²) in [5.41, 5.74) is 2.03. The maximum atomic E-state index is 13.0. The van der Waals surface area contributed by atoms with Crippen molar-refractivity contribution in [2.75, 3.05) is 5.32 Å². The van der Waals surface area contributed by atoms with Gasteiger partial charge in [0, 0.05) is 17.7 Å².